The lowest BCUT2D eigenvalue weighted by Crippen LogP contribution is -2.27. The Morgan fingerprint density at radius 3 is 2.92 bits per heavy atom. The summed E-state index contributed by atoms with van der Waals surface area (Å²) in [5.41, 5.74) is 0.851. The van der Waals surface area contributed by atoms with E-state index >= 15 is 0 Å². The van der Waals surface area contributed by atoms with Crippen LogP contribution in [-0.2, 0) is 20.9 Å². The van der Waals surface area contributed by atoms with Gasteiger partial charge in [-0.15, -0.1) is 11.3 Å². The van der Waals surface area contributed by atoms with E-state index < -0.39 is 22.7 Å². The molecule has 0 unspecified atom stereocenters. The Morgan fingerprint density at radius 2 is 2.20 bits per heavy atom. The molecule has 0 radical (unpaired) electrons. The highest BCUT2D eigenvalue weighted by molar-refractivity contribution is 7.18. The number of aromatic nitrogens is 1. The number of nitro groups is 1. The highest BCUT2D eigenvalue weighted by Gasteiger charge is 2.44. The van der Waals surface area contributed by atoms with Gasteiger partial charge in [-0.05, 0) is 18.1 Å². The van der Waals surface area contributed by atoms with Crippen LogP contribution in [0.2, 0.25) is 0 Å². The van der Waals surface area contributed by atoms with Gasteiger partial charge in [-0.2, -0.15) is 0 Å². The lowest BCUT2D eigenvalue weighted by molar-refractivity contribution is -0.490. The van der Waals surface area contributed by atoms with E-state index in [0.717, 1.165) is 10.2 Å². The van der Waals surface area contributed by atoms with Gasteiger partial charge in [0.1, 0.15) is 17.4 Å². The molecule has 0 N–H and O–H groups in total. The molecule has 132 valence electrons. The van der Waals surface area contributed by atoms with E-state index in [4.69, 9.17) is 4.74 Å². The first-order chi connectivity index (χ1) is 11.9. The fraction of sp³-hybridized carbons (Fsp3) is 0.471. The number of para-hydroxylation sites is 1. The highest BCUT2D eigenvalue weighted by atomic mass is 32.1. The van der Waals surface area contributed by atoms with Crippen LogP contribution in [0, 0.1) is 27.9 Å². The lowest BCUT2D eigenvalue weighted by Gasteiger charge is -2.16. The molecule has 1 aromatic heterocycles. The van der Waals surface area contributed by atoms with Gasteiger partial charge in [0, 0.05) is 23.2 Å². The number of ether oxygens (including phenoxy) is 1. The molecule has 0 amide bonds. The van der Waals surface area contributed by atoms with Gasteiger partial charge >= 0.3 is 5.97 Å². The molecule has 0 aliphatic heterocycles. The fourth-order valence-electron chi connectivity index (χ4n) is 3.36. The first kappa shape index (κ1) is 17.5. The largest absolute Gasteiger partial charge is 0.458 e. The van der Waals surface area contributed by atoms with Gasteiger partial charge in [-0.3, -0.25) is 19.7 Å². The summed E-state index contributed by atoms with van der Waals surface area (Å²) in [5.74, 6) is -1.71. The standard InChI is InChI=1S/C17H18N2O5S/c1-10-6-14(20)11(12(10)8-19(22)23)7-17(21)24-9-16-18-13-4-2-3-5-15(13)25-16/h2-5,10-12H,6-9H2,1H3/t10-,11+,12+/m0/s1. The molecule has 1 aliphatic carbocycles. The smallest absolute Gasteiger partial charge is 0.306 e. The van der Waals surface area contributed by atoms with E-state index in [1.165, 1.54) is 11.3 Å². The van der Waals surface area contributed by atoms with Crippen LogP contribution in [-0.4, -0.2) is 28.2 Å². The zero-order chi connectivity index (χ0) is 18.0. The van der Waals surface area contributed by atoms with Gasteiger partial charge in [0.2, 0.25) is 6.54 Å². The molecule has 1 aliphatic rings. The zero-order valence-electron chi connectivity index (χ0n) is 13.7. The van der Waals surface area contributed by atoms with Gasteiger partial charge in [-0.1, -0.05) is 19.1 Å². The normalized spacial score (nSPS) is 23.1. The summed E-state index contributed by atoms with van der Waals surface area (Å²) < 4.78 is 6.26. The summed E-state index contributed by atoms with van der Waals surface area (Å²) in [6, 6.07) is 7.63. The van der Waals surface area contributed by atoms with Crippen LogP contribution in [0.15, 0.2) is 24.3 Å². The molecular formula is C17H18N2O5S. The van der Waals surface area contributed by atoms with Gasteiger partial charge < -0.3 is 4.74 Å². The quantitative estimate of drug-likeness (QED) is 0.445. The third-order valence-electron chi connectivity index (χ3n) is 4.63. The molecule has 1 saturated carbocycles. The summed E-state index contributed by atoms with van der Waals surface area (Å²) in [6.07, 6.45) is 0.181. The van der Waals surface area contributed by atoms with Crippen molar-refractivity contribution in [2.75, 3.05) is 6.54 Å². The molecule has 25 heavy (non-hydrogen) atoms. The molecule has 8 heteroatoms. The van der Waals surface area contributed by atoms with Crippen molar-refractivity contribution in [3.63, 3.8) is 0 Å². The number of ketones is 1. The van der Waals surface area contributed by atoms with Crippen LogP contribution < -0.4 is 0 Å². The number of Topliss-reactive ketones (excluding diaryl/α,β-unsaturated/α-hetero) is 1. The summed E-state index contributed by atoms with van der Waals surface area (Å²) >= 11 is 1.45. The summed E-state index contributed by atoms with van der Waals surface area (Å²) in [7, 11) is 0. The number of rotatable bonds is 6. The van der Waals surface area contributed by atoms with Crippen molar-refractivity contribution in [1.29, 1.82) is 0 Å². The van der Waals surface area contributed by atoms with E-state index in [1.807, 2.05) is 31.2 Å². The van der Waals surface area contributed by atoms with E-state index in [2.05, 4.69) is 4.98 Å². The highest BCUT2D eigenvalue weighted by Crippen LogP contribution is 2.36. The number of hydrogen-bond donors (Lipinski definition) is 0. The lowest BCUT2D eigenvalue weighted by atomic mass is 9.88. The van der Waals surface area contributed by atoms with Crippen molar-refractivity contribution < 1.29 is 19.2 Å². The van der Waals surface area contributed by atoms with Crippen molar-refractivity contribution in [1.82, 2.24) is 4.98 Å². The number of fused-ring (bicyclic) bond motifs is 1. The Morgan fingerprint density at radius 1 is 1.44 bits per heavy atom. The number of esters is 1. The maximum atomic E-state index is 12.1. The van der Waals surface area contributed by atoms with Crippen LogP contribution in [0.3, 0.4) is 0 Å². The van der Waals surface area contributed by atoms with Crippen molar-refractivity contribution >= 4 is 33.3 Å². The van der Waals surface area contributed by atoms with Crippen molar-refractivity contribution in [2.24, 2.45) is 17.8 Å². The maximum Gasteiger partial charge on any atom is 0.306 e. The van der Waals surface area contributed by atoms with Crippen molar-refractivity contribution in [2.45, 2.75) is 26.4 Å². The molecule has 0 saturated heterocycles. The summed E-state index contributed by atoms with van der Waals surface area (Å²) in [4.78, 5) is 38.9. The second kappa shape index (κ2) is 7.26. The average Bonchev–Trinajstić information content (AvgIpc) is 3.08. The van der Waals surface area contributed by atoms with Gasteiger partial charge in [-0.25, -0.2) is 4.98 Å². The van der Waals surface area contributed by atoms with E-state index in [9.17, 15) is 19.7 Å². The molecule has 1 fully saturated rings. The SMILES string of the molecule is C[C@H]1CC(=O)[C@H](CC(=O)OCc2nc3ccccc3s2)[C@@H]1C[N+](=O)[O-]. The fourth-order valence-corrected chi connectivity index (χ4v) is 4.24. The molecule has 0 bridgehead atoms. The van der Waals surface area contributed by atoms with Crippen LogP contribution in [0.4, 0.5) is 0 Å². The topological polar surface area (TPSA) is 99.4 Å². The predicted molar refractivity (Wildman–Crippen MR) is 91.7 cm³/mol. The third kappa shape index (κ3) is 4.01. The maximum absolute atomic E-state index is 12.1. The molecular weight excluding hydrogens is 344 g/mol. The molecule has 0 spiro atoms. The van der Waals surface area contributed by atoms with E-state index in [0.29, 0.717) is 5.01 Å². The minimum atomic E-state index is -0.622. The van der Waals surface area contributed by atoms with E-state index in [-0.39, 0.29) is 37.7 Å². The monoisotopic (exact) mass is 362 g/mol. The number of thiazole rings is 1. The number of carbonyl (C=O) groups excluding carboxylic acids is 2. The zero-order valence-corrected chi connectivity index (χ0v) is 14.5. The second-order valence-electron chi connectivity index (χ2n) is 6.37. The Hall–Kier alpha value is -2.35. The molecule has 1 heterocycles. The number of benzene rings is 1. The third-order valence-corrected chi connectivity index (χ3v) is 5.64. The minimum absolute atomic E-state index is 0.0501. The second-order valence-corrected chi connectivity index (χ2v) is 7.49. The van der Waals surface area contributed by atoms with Crippen molar-refractivity contribution in [3.05, 3.63) is 39.4 Å². The van der Waals surface area contributed by atoms with Crippen molar-refractivity contribution in [3.8, 4) is 0 Å². The van der Waals surface area contributed by atoms with Crippen LogP contribution >= 0.6 is 11.3 Å². The Kier molecular flexibility index (Phi) is 5.08. The predicted octanol–water partition coefficient (Wildman–Crippen LogP) is 2.85. The minimum Gasteiger partial charge on any atom is -0.458 e. The van der Waals surface area contributed by atoms with Gasteiger partial charge in [0.15, 0.2) is 0 Å². The Bertz CT molecular complexity index is 785. The van der Waals surface area contributed by atoms with Gasteiger partial charge in [0.05, 0.1) is 16.6 Å². The van der Waals surface area contributed by atoms with Crippen LogP contribution in [0.1, 0.15) is 24.8 Å². The average molecular weight is 362 g/mol. The molecule has 1 aromatic carbocycles. The van der Waals surface area contributed by atoms with Crippen LogP contribution in [0.5, 0.6) is 0 Å². The first-order valence-electron chi connectivity index (χ1n) is 8.08. The summed E-state index contributed by atoms with van der Waals surface area (Å²) in [6.45, 7) is 1.58. The van der Waals surface area contributed by atoms with Crippen LogP contribution in [0.25, 0.3) is 10.2 Å². The van der Waals surface area contributed by atoms with Gasteiger partial charge in [0.25, 0.3) is 0 Å². The Balaban J connectivity index is 1.59. The molecule has 3 atom stereocenters. The first-order valence-corrected chi connectivity index (χ1v) is 8.90. The number of carbonyl (C=O) groups is 2. The van der Waals surface area contributed by atoms with E-state index in [1.54, 1.807) is 0 Å². The number of hydrogen-bond acceptors (Lipinski definition) is 7. The molecule has 2 aromatic rings. The molecule has 3 rings (SSSR count). The molecule has 7 nitrogen and oxygen atoms in total. The Labute approximate surface area is 148 Å². The summed E-state index contributed by atoms with van der Waals surface area (Å²) in [5, 5.41) is 11.5. The number of nitrogens with zero attached hydrogens (tertiary/aromatic N) is 2.